The Hall–Kier alpha value is -2.66. The highest BCUT2D eigenvalue weighted by molar-refractivity contribution is 6.33. The number of piperidine rings is 1. The number of carbonyl (C=O) groups is 1. The third kappa shape index (κ3) is 6.17. The second-order valence-electron chi connectivity index (χ2n) is 8.06. The van der Waals surface area contributed by atoms with Crippen LogP contribution in [0.15, 0.2) is 59.2 Å². The fourth-order valence-corrected chi connectivity index (χ4v) is 4.28. The summed E-state index contributed by atoms with van der Waals surface area (Å²) in [5.41, 5.74) is 3.70. The standard InChI is InChI=1S/C25H29ClFN3O/c1-18(11-14-31)28-19(2)29(3)23-7-8-25(24(26)17-23)30-12-9-20(10-13-30)15-21-5-4-6-22(27)16-21/h4-8,11,14,16-17,20H,9-10,12-13,15H2,1-3H3/b18-11-,28-19?. The predicted octanol–water partition coefficient (Wildman–Crippen LogP) is 5.90. The van der Waals surface area contributed by atoms with E-state index in [-0.39, 0.29) is 5.82 Å². The van der Waals surface area contributed by atoms with Crippen LogP contribution < -0.4 is 9.80 Å². The molecule has 1 fully saturated rings. The smallest absolute Gasteiger partial charge is 0.144 e. The highest BCUT2D eigenvalue weighted by atomic mass is 35.5. The molecule has 0 unspecified atom stereocenters. The highest BCUT2D eigenvalue weighted by Gasteiger charge is 2.21. The van der Waals surface area contributed by atoms with Gasteiger partial charge in [-0.3, -0.25) is 4.79 Å². The molecule has 1 saturated heterocycles. The van der Waals surface area contributed by atoms with Crippen LogP contribution in [-0.2, 0) is 11.2 Å². The number of hydrogen-bond donors (Lipinski definition) is 0. The Labute approximate surface area is 189 Å². The molecule has 164 valence electrons. The number of benzene rings is 2. The van der Waals surface area contributed by atoms with Crippen LogP contribution in [0, 0.1) is 11.7 Å². The highest BCUT2D eigenvalue weighted by Crippen LogP contribution is 2.33. The quantitative estimate of drug-likeness (QED) is 0.242. The molecule has 0 aromatic heterocycles. The minimum absolute atomic E-state index is 0.165. The molecule has 1 heterocycles. The molecule has 0 atom stereocenters. The van der Waals surface area contributed by atoms with Crippen LogP contribution in [0.5, 0.6) is 0 Å². The third-order valence-electron chi connectivity index (χ3n) is 5.82. The Morgan fingerprint density at radius 1 is 1.23 bits per heavy atom. The zero-order chi connectivity index (χ0) is 22.4. The molecule has 0 radical (unpaired) electrons. The zero-order valence-corrected chi connectivity index (χ0v) is 19.1. The van der Waals surface area contributed by atoms with Crippen molar-refractivity contribution in [1.82, 2.24) is 0 Å². The van der Waals surface area contributed by atoms with E-state index in [0.29, 0.717) is 16.6 Å². The summed E-state index contributed by atoms with van der Waals surface area (Å²) in [7, 11) is 1.93. The van der Waals surface area contributed by atoms with Crippen LogP contribution in [0.25, 0.3) is 0 Å². The fourth-order valence-electron chi connectivity index (χ4n) is 3.99. The number of rotatable bonds is 6. The largest absolute Gasteiger partial charge is 0.370 e. The molecule has 0 bridgehead atoms. The summed E-state index contributed by atoms with van der Waals surface area (Å²) in [6.45, 7) is 5.56. The van der Waals surface area contributed by atoms with Gasteiger partial charge >= 0.3 is 0 Å². The molecule has 0 amide bonds. The molecule has 6 heteroatoms. The molecule has 0 aliphatic carbocycles. The van der Waals surface area contributed by atoms with Crippen LogP contribution in [0.3, 0.4) is 0 Å². The SMILES string of the molecule is CC(=N/C(C)=C\C=O)N(C)c1ccc(N2CCC(Cc3cccc(F)c3)CC2)c(Cl)c1. The van der Waals surface area contributed by atoms with E-state index in [9.17, 15) is 9.18 Å². The van der Waals surface area contributed by atoms with Crippen molar-refractivity contribution in [2.24, 2.45) is 10.9 Å². The van der Waals surface area contributed by atoms with Crippen LogP contribution in [-0.4, -0.2) is 32.3 Å². The van der Waals surface area contributed by atoms with Crippen LogP contribution in [0.1, 0.15) is 32.3 Å². The maximum Gasteiger partial charge on any atom is 0.144 e. The van der Waals surface area contributed by atoms with Gasteiger partial charge in [-0.15, -0.1) is 0 Å². The van der Waals surface area contributed by atoms with E-state index in [1.807, 2.05) is 37.1 Å². The average molecular weight is 442 g/mol. The average Bonchev–Trinajstić information content (AvgIpc) is 2.74. The number of aliphatic imine (C=N–C) groups is 1. The molecular weight excluding hydrogens is 413 g/mol. The van der Waals surface area contributed by atoms with Gasteiger partial charge in [0.15, 0.2) is 0 Å². The minimum Gasteiger partial charge on any atom is -0.370 e. The Balaban J connectivity index is 1.63. The molecule has 3 rings (SSSR count). The van der Waals surface area contributed by atoms with E-state index < -0.39 is 0 Å². The number of anilines is 2. The van der Waals surface area contributed by atoms with Crippen LogP contribution >= 0.6 is 11.6 Å². The Kier molecular flexibility index (Phi) is 7.85. The summed E-state index contributed by atoms with van der Waals surface area (Å²) < 4.78 is 13.4. The van der Waals surface area contributed by atoms with Gasteiger partial charge in [0, 0.05) is 31.5 Å². The lowest BCUT2D eigenvalue weighted by molar-refractivity contribution is -0.104. The maximum absolute atomic E-state index is 13.4. The first kappa shape index (κ1) is 23.0. The molecule has 4 nitrogen and oxygen atoms in total. The molecular formula is C25H29ClFN3O. The van der Waals surface area contributed by atoms with Gasteiger partial charge in [-0.2, -0.15) is 0 Å². The molecule has 2 aromatic carbocycles. The van der Waals surface area contributed by atoms with Crippen molar-refractivity contribution in [3.63, 3.8) is 0 Å². The molecule has 0 N–H and O–H groups in total. The first-order chi connectivity index (χ1) is 14.9. The summed E-state index contributed by atoms with van der Waals surface area (Å²) in [4.78, 5) is 19.3. The molecule has 1 aliphatic rings. The van der Waals surface area contributed by atoms with Gasteiger partial charge in [0.05, 0.1) is 10.7 Å². The topological polar surface area (TPSA) is 35.9 Å². The van der Waals surface area contributed by atoms with E-state index in [1.54, 1.807) is 19.1 Å². The van der Waals surface area contributed by atoms with Crippen LogP contribution in [0.4, 0.5) is 15.8 Å². The second kappa shape index (κ2) is 10.6. The number of amidine groups is 1. The van der Waals surface area contributed by atoms with Gasteiger partial charge in [0.1, 0.15) is 17.9 Å². The molecule has 0 saturated carbocycles. The van der Waals surface area contributed by atoms with Crippen molar-refractivity contribution >= 4 is 35.1 Å². The lowest BCUT2D eigenvalue weighted by Gasteiger charge is -2.34. The monoisotopic (exact) mass is 441 g/mol. The van der Waals surface area contributed by atoms with Crippen molar-refractivity contribution in [2.45, 2.75) is 33.1 Å². The van der Waals surface area contributed by atoms with Crippen molar-refractivity contribution < 1.29 is 9.18 Å². The number of aldehydes is 1. The van der Waals surface area contributed by atoms with E-state index in [1.165, 1.54) is 12.1 Å². The van der Waals surface area contributed by atoms with E-state index in [0.717, 1.165) is 61.4 Å². The van der Waals surface area contributed by atoms with Gasteiger partial charge in [-0.1, -0.05) is 23.7 Å². The molecule has 0 spiro atoms. The molecule has 1 aliphatic heterocycles. The number of nitrogens with zero attached hydrogens (tertiary/aromatic N) is 3. The number of allylic oxidation sites excluding steroid dienone is 2. The van der Waals surface area contributed by atoms with Crippen molar-refractivity contribution in [1.29, 1.82) is 0 Å². The zero-order valence-electron chi connectivity index (χ0n) is 18.3. The van der Waals surface area contributed by atoms with Crippen molar-refractivity contribution in [3.05, 3.63) is 70.6 Å². The van der Waals surface area contributed by atoms with Gasteiger partial charge in [-0.05, 0) is 81.0 Å². The lowest BCUT2D eigenvalue weighted by atomic mass is 9.90. The van der Waals surface area contributed by atoms with E-state index >= 15 is 0 Å². The Bertz CT molecular complexity index is 980. The first-order valence-corrected chi connectivity index (χ1v) is 10.9. The fraction of sp³-hybridized carbons (Fsp3) is 0.360. The molecule has 31 heavy (non-hydrogen) atoms. The first-order valence-electron chi connectivity index (χ1n) is 10.6. The van der Waals surface area contributed by atoms with Gasteiger partial charge in [0.25, 0.3) is 0 Å². The normalized spacial score (nSPS) is 15.8. The predicted molar refractivity (Wildman–Crippen MR) is 128 cm³/mol. The number of hydrogen-bond acceptors (Lipinski definition) is 3. The third-order valence-corrected chi connectivity index (χ3v) is 6.12. The van der Waals surface area contributed by atoms with E-state index in [4.69, 9.17) is 11.6 Å². The second-order valence-corrected chi connectivity index (χ2v) is 8.47. The van der Waals surface area contributed by atoms with Gasteiger partial charge < -0.3 is 9.80 Å². The lowest BCUT2D eigenvalue weighted by Crippen LogP contribution is -2.34. The van der Waals surface area contributed by atoms with Gasteiger partial charge in [0.2, 0.25) is 0 Å². The summed E-state index contributed by atoms with van der Waals surface area (Å²) in [5.74, 6) is 1.17. The van der Waals surface area contributed by atoms with Crippen molar-refractivity contribution in [2.75, 3.05) is 29.9 Å². The summed E-state index contributed by atoms with van der Waals surface area (Å²) in [6.07, 6.45) is 5.20. The Morgan fingerprint density at radius 2 is 1.97 bits per heavy atom. The number of carbonyl (C=O) groups excluding carboxylic acids is 1. The number of halogens is 2. The Morgan fingerprint density at radius 3 is 2.61 bits per heavy atom. The summed E-state index contributed by atoms with van der Waals surface area (Å²) in [6, 6.07) is 13.0. The van der Waals surface area contributed by atoms with Crippen LogP contribution in [0.2, 0.25) is 5.02 Å². The molecule has 2 aromatic rings. The maximum atomic E-state index is 13.4. The van der Waals surface area contributed by atoms with Crippen molar-refractivity contribution in [3.8, 4) is 0 Å². The van der Waals surface area contributed by atoms with E-state index in [2.05, 4.69) is 16.0 Å². The van der Waals surface area contributed by atoms with Gasteiger partial charge in [-0.25, -0.2) is 9.38 Å². The summed E-state index contributed by atoms with van der Waals surface area (Å²) >= 11 is 6.64. The minimum atomic E-state index is -0.165. The summed E-state index contributed by atoms with van der Waals surface area (Å²) in [5, 5.41) is 0.709.